The van der Waals surface area contributed by atoms with Gasteiger partial charge in [0.25, 0.3) is 5.91 Å². The van der Waals surface area contributed by atoms with Crippen LogP contribution in [0.4, 0.5) is 5.69 Å². The van der Waals surface area contributed by atoms with Crippen molar-refractivity contribution < 1.29 is 14.7 Å². The Morgan fingerprint density at radius 2 is 2.00 bits per heavy atom. The van der Waals surface area contributed by atoms with E-state index in [2.05, 4.69) is 26.2 Å². The van der Waals surface area contributed by atoms with Gasteiger partial charge in [-0.1, -0.05) is 12.1 Å². The summed E-state index contributed by atoms with van der Waals surface area (Å²) in [4.78, 5) is 25.8. The minimum absolute atomic E-state index is 0.0297. The molecule has 0 spiro atoms. The highest BCUT2D eigenvalue weighted by molar-refractivity contribution is 9.10. The van der Waals surface area contributed by atoms with Crippen LogP contribution in [0.3, 0.4) is 0 Å². The summed E-state index contributed by atoms with van der Waals surface area (Å²) < 4.78 is 0.650. The number of carbonyl (C=O) groups excluding carboxylic acids is 1. The van der Waals surface area contributed by atoms with Crippen LogP contribution in [0.2, 0.25) is 0 Å². The molecule has 0 aliphatic carbocycles. The number of hydrogen-bond acceptors (Lipinski definition) is 2. The summed E-state index contributed by atoms with van der Waals surface area (Å²) in [7, 11) is 0. The number of carboxylic acids is 1. The van der Waals surface area contributed by atoms with Crippen molar-refractivity contribution in [3.05, 3.63) is 51.8 Å². The summed E-state index contributed by atoms with van der Waals surface area (Å²) in [6, 6.07) is 8.51. The van der Waals surface area contributed by atoms with E-state index in [0.29, 0.717) is 15.7 Å². The van der Waals surface area contributed by atoms with Crippen LogP contribution < -0.4 is 5.32 Å². The van der Waals surface area contributed by atoms with Gasteiger partial charge >= 0.3 is 5.97 Å². The number of aryl methyl sites for hydroxylation is 1. The molecule has 2 aromatic rings. The maximum atomic E-state index is 12.1. The number of hydrogen-bond donors (Lipinski definition) is 3. The Morgan fingerprint density at radius 3 is 2.63 bits per heavy atom. The number of rotatable bonds is 3. The van der Waals surface area contributed by atoms with Crippen LogP contribution >= 0.6 is 15.9 Å². The third kappa shape index (κ3) is 2.85. The molecule has 2 rings (SSSR count). The zero-order chi connectivity index (χ0) is 14.0. The fraction of sp³-hybridized carbons (Fsp3) is 0.0769. The lowest BCUT2D eigenvalue weighted by atomic mass is 10.2. The monoisotopic (exact) mass is 322 g/mol. The molecule has 0 fully saturated rings. The molecule has 1 aromatic heterocycles. The molecule has 98 valence electrons. The molecule has 0 bridgehead atoms. The molecule has 6 heteroatoms. The first kappa shape index (κ1) is 13.4. The topological polar surface area (TPSA) is 82.2 Å². The van der Waals surface area contributed by atoms with Gasteiger partial charge in [0.1, 0.15) is 5.69 Å². The van der Waals surface area contributed by atoms with E-state index in [1.54, 1.807) is 37.3 Å². The number of aromatic amines is 1. The number of halogens is 1. The second-order valence-electron chi connectivity index (χ2n) is 3.98. The summed E-state index contributed by atoms with van der Waals surface area (Å²) in [6.07, 6.45) is 0. The highest BCUT2D eigenvalue weighted by Gasteiger charge is 2.17. The standard InChI is InChI=1S/C13H11BrN2O3/c1-7-6-10(11(15-7)13(18)19)16-12(17)8-4-2-3-5-9(8)14/h2-6,15H,1H3,(H,16,17)(H,18,19). The molecule has 1 aromatic carbocycles. The number of amides is 1. The van der Waals surface area contributed by atoms with Gasteiger partial charge in [-0.15, -0.1) is 0 Å². The minimum atomic E-state index is -1.12. The van der Waals surface area contributed by atoms with Gasteiger partial charge in [-0.25, -0.2) is 4.79 Å². The van der Waals surface area contributed by atoms with Crippen LogP contribution in [0, 0.1) is 6.92 Å². The van der Waals surface area contributed by atoms with Crippen LogP contribution in [-0.2, 0) is 0 Å². The number of H-pyrrole nitrogens is 1. The predicted molar refractivity (Wildman–Crippen MR) is 74.6 cm³/mol. The number of aromatic nitrogens is 1. The molecule has 1 heterocycles. The second-order valence-corrected chi connectivity index (χ2v) is 4.83. The molecule has 0 saturated carbocycles. The van der Waals surface area contributed by atoms with Crippen molar-refractivity contribution in [2.75, 3.05) is 5.32 Å². The highest BCUT2D eigenvalue weighted by atomic mass is 79.9. The van der Waals surface area contributed by atoms with E-state index in [0.717, 1.165) is 0 Å². The Hall–Kier alpha value is -2.08. The van der Waals surface area contributed by atoms with Gasteiger partial charge in [0.2, 0.25) is 0 Å². The van der Waals surface area contributed by atoms with Crippen molar-refractivity contribution in [1.29, 1.82) is 0 Å². The third-order valence-corrected chi connectivity index (χ3v) is 3.22. The first-order valence-electron chi connectivity index (χ1n) is 5.48. The van der Waals surface area contributed by atoms with Crippen molar-refractivity contribution in [3.8, 4) is 0 Å². The van der Waals surface area contributed by atoms with E-state index >= 15 is 0 Å². The van der Waals surface area contributed by atoms with Crippen LogP contribution in [0.25, 0.3) is 0 Å². The number of carboxylic acid groups (broad SMARTS) is 1. The van der Waals surface area contributed by atoms with Crippen molar-refractivity contribution in [2.45, 2.75) is 6.92 Å². The SMILES string of the molecule is Cc1cc(NC(=O)c2ccccc2Br)c(C(=O)O)[nH]1. The first-order valence-corrected chi connectivity index (χ1v) is 6.27. The van der Waals surface area contributed by atoms with Gasteiger partial charge in [-0.2, -0.15) is 0 Å². The molecule has 1 amide bonds. The van der Waals surface area contributed by atoms with Gasteiger partial charge in [0.15, 0.2) is 0 Å². The Morgan fingerprint density at radius 1 is 1.32 bits per heavy atom. The minimum Gasteiger partial charge on any atom is -0.477 e. The smallest absolute Gasteiger partial charge is 0.354 e. The fourth-order valence-electron chi connectivity index (χ4n) is 1.69. The zero-order valence-corrected chi connectivity index (χ0v) is 11.6. The quantitative estimate of drug-likeness (QED) is 0.812. The number of carbonyl (C=O) groups is 2. The molecular weight excluding hydrogens is 312 g/mol. The normalized spacial score (nSPS) is 10.2. The van der Waals surface area contributed by atoms with E-state index in [4.69, 9.17) is 5.11 Å². The Labute approximate surface area is 117 Å². The van der Waals surface area contributed by atoms with Crippen LogP contribution in [-0.4, -0.2) is 22.0 Å². The second kappa shape index (κ2) is 5.27. The van der Waals surface area contributed by atoms with E-state index in [1.807, 2.05) is 0 Å². The predicted octanol–water partition coefficient (Wildman–Crippen LogP) is 3.04. The van der Waals surface area contributed by atoms with Crippen LogP contribution in [0.15, 0.2) is 34.8 Å². The van der Waals surface area contributed by atoms with E-state index < -0.39 is 5.97 Å². The summed E-state index contributed by atoms with van der Waals surface area (Å²) in [5.41, 5.74) is 1.33. The molecular formula is C13H11BrN2O3. The van der Waals surface area contributed by atoms with E-state index in [-0.39, 0.29) is 17.3 Å². The van der Waals surface area contributed by atoms with Gasteiger partial charge in [0, 0.05) is 10.2 Å². The van der Waals surface area contributed by atoms with E-state index in [1.165, 1.54) is 0 Å². The summed E-state index contributed by atoms with van der Waals surface area (Å²) >= 11 is 3.28. The van der Waals surface area contributed by atoms with Crippen LogP contribution in [0.1, 0.15) is 26.5 Å². The average molecular weight is 323 g/mol. The number of benzene rings is 1. The number of anilines is 1. The summed E-state index contributed by atoms with van der Waals surface area (Å²) in [6.45, 7) is 1.72. The first-order chi connectivity index (χ1) is 8.99. The maximum Gasteiger partial charge on any atom is 0.354 e. The Kier molecular flexibility index (Phi) is 3.71. The Bertz CT molecular complexity index is 649. The van der Waals surface area contributed by atoms with Gasteiger partial charge < -0.3 is 15.4 Å². The molecule has 19 heavy (non-hydrogen) atoms. The zero-order valence-electron chi connectivity index (χ0n) is 10.0. The largest absolute Gasteiger partial charge is 0.477 e. The molecule has 0 atom stereocenters. The van der Waals surface area contributed by atoms with E-state index in [9.17, 15) is 9.59 Å². The molecule has 0 unspecified atom stereocenters. The van der Waals surface area contributed by atoms with Crippen molar-refractivity contribution in [3.63, 3.8) is 0 Å². The third-order valence-electron chi connectivity index (χ3n) is 2.53. The summed E-state index contributed by atoms with van der Waals surface area (Å²) in [5, 5.41) is 11.6. The molecule has 0 aliphatic rings. The highest BCUT2D eigenvalue weighted by Crippen LogP contribution is 2.21. The number of aromatic carboxylic acids is 1. The molecule has 0 saturated heterocycles. The van der Waals surface area contributed by atoms with Crippen molar-refractivity contribution >= 4 is 33.5 Å². The fourth-order valence-corrected chi connectivity index (χ4v) is 2.16. The molecule has 0 aliphatic heterocycles. The lowest BCUT2D eigenvalue weighted by Gasteiger charge is -2.06. The lowest BCUT2D eigenvalue weighted by molar-refractivity contribution is 0.0692. The van der Waals surface area contributed by atoms with Crippen molar-refractivity contribution in [1.82, 2.24) is 4.98 Å². The van der Waals surface area contributed by atoms with Gasteiger partial charge in [-0.3, -0.25) is 4.79 Å². The lowest BCUT2D eigenvalue weighted by Crippen LogP contribution is -2.14. The average Bonchev–Trinajstić information content (AvgIpc) is 2.70. The summed E-state index contributed by atoms with van der Waals surface area (Å²) in [5.74, 6) is -1.48. The molecule has 0 radical (unpaired) electrons. The van der Waals surface area contributed by atoms with Crippen molar-refractivity contribution in [2.24, 2.45) is 0 Å². The molecule has 3 N–H and O–H groups in total. The molecule has 5 nitrogen and oxygen atoms in total. The number of nitrogens with one attached hydrogen (secondary N) is 2. The van der Waals surface area contributed by atoms with Gasteiger partial charge in [0.05, 0.1) is 11.3 Å². The Balaban J connectivity index is 2.29. The van der Waals surface area contributed by atoms with Crippen LogP contribution in [0.5, 0.6) is 0 Å². The maximum absolute atomic E-state index is 12.1. The van der Waals surface area contributed by atoms with Gasteiger partial charge in [-0.05, 0) is 41.1 Å².